The van der Waals surface area contributed by atoms with E-state index in [0.29, 0.717) is 12.5 Å². The summed E-state index contributed by atoms with van der Waals surface area (Å²) < 4.78 is 0. The first-order valence-corrected chi connectivity index (χ1v) is 12.0. The van der Waals surface area contributed by atoms with Crippen molar-refractivity contribution in [2.45, 2.75) is 63.4 Å². The molecule has 2 aromatic rings. The Kier molecular flexibility index (Phi) is 9.73. The first-order chi connectivity index (χ1) is 14.5. The molecule has 1 heterocycles. The van der Waals surface area contributed by atoms with Crippen molar-refractivity contribution < 1.29 is 4.79 Å². The minimum absolute atomic E-state index is 0. The number of hydrogen-bond donors (Lipinski definition) is 1. The first kappa shape index (κ1) is 25.6. The topological polar surface area (TPSA) is 35.6 Å². The van der Waals surface area contributed by atoms with Crippen molar-refractivity contribution in [2.24, 2.45) is 5.92 Å². The SMILES string of the molecule is CCC(N(CC)CC)N1c2ccccc2Sc2ccc(C(=O)NCCC(C)C)cc21.Cl. The number of amides is 1. The number of hydrogen-bond acceptors (Lipinski definition) is 4. The Morgan fingerprint density at radius 2 is 1.71 bits per heavy atom. The predicted octanol–water partition coefficient (Wildman–Crippen LogP) is 6.56. The molecule has 2 aromatic carbocycles. The molecule has 1 aliphatic rings. The van der Waals surface area contributed by atoms with E-state index >= 15 is 0 Å². The quantitative estimate of drug-likeness (QED) is 0.458. The van der Waals surface area contributed by atoms with Crippen LogP contribution in [0.3, 0.4) is 0 Å². The number of rotatable bonds is 9. The smallest absolute Gasteiger partial charge is 0.251 e. The summed E-state index contributed by atoms with van der Waals surface area (Å²) in [6.45, 7) is 13.7. The standard InChI is InChI=1S/C25H35N3OS.ClH/c1-6-24(27(7-2)8-3)28-20-11-9-10-12-22(20)30-23-14-13-19(17-21(23)28)25(29)26-16-15-18(4)5;/h9-14,17-18,24H,6-8,15-16H2,1-5H3,(H,26,29);1H. The lowest BCUT2D eigenvalue weighted by Gasteiger charge is -2.43. The number of anilines is 2. The van der Waals surface area contributed by atoms with Gasteiger partial charge in [-0.2, -0.15) is 0 Å². The summed E-state index contributed by atoms with van der Waals surface area (Å²) >= 11 is 1.79. The van der Waals surface area contributed by atoms with Gasteiger partial charge in [-0.15, -0.1) is 12.4 Å². The van der Waals surface area contributed by atoms with E-state index in [2.05, 4.69) is 86.1 Å². The number of nitrogens with zero attached hydrogens (tertiary/aromatic N) is 2. The van der Waals surface area contributed by atoms with Crippen LogP contribution in [0.5, 0.6) is 0 Å². The maximum absolute atomic E-state index is 12.8. The zero-order valence-electron chi connectivity index (χ0n) is 19.4. The molecule has 0 saturated heterocycles. The molecule has 0 aromatic heterocycles. The highest BCUT2D eigenvalue weighted by molar-refractivity contribution is 7.99. The van der Waals surface area contributed by atoms with Crippen molar-refractivity contribution in [2.75, 3.05) is 24.5 Å². The summed E-state index contributed by atoms with van der Waals surface area (Å²) in [5, 5.41) is 3.08. The van der Waals surface area contributed by atoms with Crippen molar-refractivity contribution in [3.05, 3.63) is 48.0 Å². The molecule has 0 fully saturated rings. The second-order valence-electron chi connectivity index (χ2n) is 8.17. The van der Waals surface area contributed by atoms with Crippen LogP contribution in [0, 0.1) is 5.92 Å². The number of carbonyl (C=O) groups is 1. The summed E-state index contributed by atoms with van der Waals surface area (Å²) in [6.07, 6.45) is 2.25. The molecule has 1 aliphatic heterocycles. The monoisotopic (exact) mass is 461 g/mol. The summed E-state index contributed by atoms with van der Waals surface area (Å²) in [5.41, 5.74) is 3.09. The number of halogens is 1. The van der Waals surface area contributed by atoms with E-state index in [1.165, 1.54) is 15.5 Å². The minimum atomic E-state index is 0. The summed E-state index contributed by atoms with van der Waals surface area (Å²) in [5.74, 6) is 0.592. The largest absolute Gasteiger partial charge is 0.352 e. The Hall–Kier alpha value is -1.69. The maximum atomic E-state index is 12.8. The van der Waals surface area contributed by atoms with Crippen LogP contribution in [0.1, 0.15) is 57.8 Å². The van der Waals surface area contributed by atoms with Gasteiger partial charge in [0.15, 0.2) is 0 Å². The molecule has 1 unspecified atom stereocenters. The summed E-state index contributed by atoms with van der Waals surface area (Å²) in [6, 6.07) is 14.7. The van der Waals surface area contributed by atoms with Crippen molar-refractivity contribution in [1.29, 1.82) is 0 Å². The molecule has 6 heteroatoms. The van der Waals surface area contributed by atoms with Gasteiger partial charge in [-0.25, -0.2) is 0 Å². The van der Waals surface area contributed by atoms with Gasteiger partial charge in [-0.05, 0) is 62.2 Å². The molecule has 0 bridgehead atoms. The molecule has 0 spiro atoms. The van der Waals surface area contributed by atoms with Crippen LogP contribution in [-0.4, -0.2) is 36.6 Å². The van der Waals surface area contributed by atoms with E-state index in [0.717, 1.165) is 37.2 Å². The second-order valence-corrected chi connectivity index (χ2v) is 9.25. The van der Waals surface area contributed by atoms with E-state index in [1.807, 2.05) is 6.07 Å². The third-order valence-electron chi connectivity index (χ3n) is 5.73. The fourth-order valence-electron chi connectivity index (χ4n) is 4.07. The third kappa shape index (κ3) is 5.76. The minimum Gasteiger partial charge on any atom is -0.352 e. The number of para-hydroxylation sites is 1. The van der Waals surface area contributed by atoms with Crippen LogP contribution in [0.15, 0.2) is 52.3 Å². The van der Waals surface area contributed by atoms with Crippen LogP contribution in [0.25, 0.3) is 0 Å². The van der Waals surface area contributed by atoms with Crippen LogP contribution in [0.2, 0.25) is 0 Å². The molecule has 1 amide bonds. The van der Waals surface area contributed by atoms with Crippen molar-refractivity contribution in [1.82, 2.24) is 10.2 Å². The van der Waals surface area contributed by atoms with Crippen LogP contribution < -0.4 is 10.2 Å². The van der Waals surface area contributed by atoms with Crippen molar-refractivity contribution in [3.8, 4) is 0 Å². The van der Waals surface area contributed by atoms with Gasteiger partial charge in [0, 0.05) is 21.9 Å². The zero-order chi connectivity index (χ0) is 21.7. The molecule has 1 N–H and O–H groups in total. The predicted molar refractivity (Wildman–Crippen MR) is 135 cm³/mol. The van der Waals surface area contributed by atoms with E-state index in [9.17, 15) is 4.79 Å². The molecular formula is C25H36ClN3OS. The Bertz CT molecular complexity index is 870. The molecule has 31 heavy (non-hydrogen) atoms. The number of nitrogens with one attached hydrogen (secondary N) is 1. The van der Waals surface area contributed by atoms with E-state index in [4.69, 9.17) is 0 Å². The van der Waals surface area contributed by atoms with Crippen LogP contribution >= 0.6 is 24.2 Å². The Morgan fingerprint density at radius 3 is 2.35 bits per heavy atom. The highest BCUT2D eigenvalue weighted by Gasteiger charge is 2.31. The van der Waals surface area contributed by atoms with Gasteiger partial charge < -0.3 is 10.2 Å². The zero-order valence-corrected chi connectivity index (χ0v) is 21.0. The fraction of sp³-hybridized carbons (Fsp3) is 0.480. The van der Waals surface area contributed by atoms with E-state index < -0.39 is 0 Å². The molecule has 0 aliphatic carbocycles. The Morgan fingerprint density at radius 1 is 1.03 bits per heavy atom. The fourth-order valence-corrected chi connectivity index (χ4v) is 5.12. The van der Waals surface area contributed by atoms with Crippen LogP contribution in [-0.2, 0) is 0 Å². The lowest BCUT2D eigenvalue weighted by Crippen LogP contribution is -2.46. The van der Waals surface area contributed by atoms with Gasteiger partial charge >= 0.3 is 0 Å². The molecule has 170 valence electrons. The lowest BCUT2D eigenvalue weighted by molar-refractivity contribution is 0.0952. The highest BCUT2D eigenvalue weighted by atomic mass is 35.5. The summed E-state index contributed by atoms with van der Waals surface area (Å²) in [7, 11) is 0. The molecule has 0 saturated carbocycles. The molecule has 4 nitrogen and oxygen atoms in total. The maximum Gasteiger partial charge on any atom is 0.251 e. The van der Waals surface area contributed by atoms with Crippen molar-refractivity contribution in [3.63, 3.8) is 0 Å². The molecule has 3 rings (SSSR count). The second kappa shape index (κ2) is 11.8. The van der Waals surface area contributed by atoms with E-state index in [-0.39, 0.29) is 24.5 Å². The van der Waals surface area contributed by atoms with Gasteiger partial charge in [-0.3, -0.25) is 9.69 Å². The van der Waals surface area contributed by atoms with Gasteiger partial charge in [0.25, 0.3) is 5.91 Å². The lowest BCUT2D eigenvalue weighted by atomic mass is 10.1. The molecule has 0 radical (unpaired) electrons. The first-order valence-electron chi connectivity index (χ1n) is 11.2. The normalized spacial score (nSPS) is 13.5. The van der Waals surface area contributed by atoms with E-state index in [1.54, 1.807) is 11.8 Å². The van der Waals surface area contributed by atoms with Crippen molar-refractivity contribution >= 4 is 41.5 Å². The number of benzene rings is 2. The van der Waals surface area contributed by atoms with Gasteiger partial charge in [0.05, 0.1) is 17.5 Å². The average Bonchev–Trinajstić information content (AvgIpc) is 2.75. The van der Waals surface area contributed by atoms with Gasteiger partial charge in [0.1, 0.15) is 0 Å². The molecule has 1 atom stereocenters. The Labute approximate surface area is 198 Å². The van der Waals surface area contributed by atoms with Gasteiger partial charge in [0.2, 0.25) is 0 Å². The average molecular weight is 462 g/mol. The van der Waals surface area contributed by atoms with Gasteiger partial charge in [-0.1, -0.05) is 58.5 Å². The Balaban J connectivity index is 0.00000341. The number of fused-ring (bicyclic) bond motifs is 2. The highest BCUT2D eigenvalue weighted by Crippen LogP contribution is 2.49. The summed E-state index contributed by atoms with van der Waals surface area (Å²) in [4.78, 5) is 20.2. The van der Waals surface area contributed by atoms with Crippen LogP contribution in [0.4, 0.5) is 11.4 Å². The third-order valence-corrected chi connectivity index (χ3v) is 6.86. The number of carbonyl (C=O) groups excluding carboxylic acids is 1. The molecular weight excluding hydrogens is 426 g/mol.